The van der Waals surface area contributed by atoms with E-state index in [-0.39, 0.29) is 24.1 Å². The third kappa shape index (κ3) is 3.76. The van der Waals surface area contributed by atoms with E-state index in [1.54, 1.807) is 24.3 Å². The summed E-state index contributed by atoms with van der Waals surface area (Å²) in [6.45, 7) is 0.405. The average molecular weight is 317 g/mol. The lowest BCUT2D eigenvalue weighted by Crippen LogP contribution is -2.33. The summed E-state index contributed by atoms with van der Waals surface area (Å²) in [4.78, 5) is 8.21. The highest BCUT2D eigenvalue weighted by Gasteiger charge is 2.14. The van der Waals surface area contributed by atoms with Crippen molar-refractivity contribution in [2.75, 3.05) is 25.0 Å². The zero-order chi connectivity index (χ0) is 14.6. The van der Waals surface area contributed by atoms with Crippen molar-refractivity contribution in [2.24, 2.45) is 0 Å². The molecule has 0 amide bonds. The molecule has 0 fully saturated rings. The van der Waals surface area contributed by atoms with Crippen molar-refractivity contribution in [2.45, 2.75) is 0 Å². The number of anilines is 1. The Labute approximate surface area is 121 Å². The molecule has 0 bridgehead atoms. The molecule has 0 atom stereocenters. The zero-order valence-corrected chi connectivity index (χ0v) is 12.2. The van der Waals surface area contributed by atoms with Crippen molar-refractivity contribution in [3.05, 3.63) is 29.4 Å². The summed E-state index contributed by atoms with van der Waals surface area (Å²) in [7, 11) is -2.29. The highest BCUT2D eigenvalue weighted by Crippen LogP contribution is 2.21. The van der Waals surface area contributed by atoms with Gasteiger partial charge in [0.2, 0.25) is 0 Å². The van der Waals surface area contributed by atoms with Gasteiger partial charge in [0.15, 0.2) is 11.0 Å². The van der Waals surface area contributed by atoms with Crippen LogP contribution in [0.3, 0.4) is 0 Å². The molecule has 7 nitrogen and oxygen atoms in total. The number of nitrogens with one attached hydrogen (secondary N) is 2. The Morgan fingerprint density at radius 1 is 1.25 bits per heavy atom. The standard InChI is InChI=1S/C11H13ClN4O3S/c1-19-7-6-13-20(17,18)16-11-10(12)14-8-4-2-3-5-9(8)15-11/h2-5,13H,6-7H2,1H3,(H,15,16). The van der Waals surface area contributed by atoms with Gasteiger partial charge in [-0.05, 0) is 12.1 Å². The van der Waals surface area contributed by atoms with E-state index < -0.39 is 10.2 Å². The normalized spacial score (nSPS) is 11.7. The molecule has 108 valence electrons. The molecule has 2 N–H and O–H groups in total. The highest BCUT2D eigenvalue weighted by atomic mass is 35.5. The third-order valence-electron chi connectivity index (χ3n) is 2.36. The van der Waals surface area contributed by atoms with Crippen LogP contribution >= 0.6 is 11.6 Å². The maximum absolute atomic E-state index is 11.8. The molecule has 1 aromatic carbocycles. The van der Waals surface area contributed by atoms with Gasteiger partial charge in [-0.2, -0.15) is 13.1 Å². The van der Waals surface area contributed by atoms with Crippen molar-refractivity contribution in [3.8, 4) is 0 Å². The Balaban J connectivity index is 2.22. The molecule has 9 heteroatoms. The second kappa shape index (κ2) is 6.31. The van der Waals surface area contributed by atoms with E-state index in [1.165, 1.54) is 7.11 Å². The first-order chi connectivity index (χ1) is 9.52. The molecule has 1 heterocycles. The first-order valence-electron chi connectivity index (χ1n) is 5.70. The maximum atomic E-state index is 11.8. The van der Waals surface area contributed by atoms with E-state index in [1.807, 2.05) is 0 Å². The number of hydrogen-bond acceptors (Lipinski definition) is 5. The summed E-state index contributed by atoms with van der Waals surface area (Å²) in [5, 5.41) is -0.0131. The van der Waals surface area contributed by atoms with E-state index >= 15 is 0 Å². The van der Waals surface area contributed by atoms with Gasteiger partial charge in [-0.1, -0.05) is 23.7 Å². The SMILES string of the molecule is COCCNS(=O)(=O)Nc1nc2ccccc2nc1Cl. The Kier molecular flexibility index (Phi) is 4.71. The van der Waals surface area contributed by atoms with Crippen LogP contribution in [0.2, 0.25) is 5.15 Å². The van der Waals surface area contributed by atoms with Crippen LogP contribution in [0.1, 0.15) is 0 Å². The van der Waals surface area contributed by atoms with Gasteiger partial charge >= 0.3 is 0 Å². The summed E-state index contributed by atoms with van der Waals surface area (Å²) in [6.07, 6.45) is 0. The molecule has 0 unspecified atom stereocenters. The largest absolute Gasteiger partial charge is 0.383 e. The predicted octanol–water partition coefficient (Wildman–Crippen LogP) is 1.18. The van der Waals surface area contributed by atoms with Crippen molar-refractivity contribution >= 4 is 38.7 Å². The van der Waals surface area contributed by atoms with Crippen LogP contribution in [0, 0.1) is 0 Å². The molecule has 0 saturated heterocycles. The second-order valence-electron chi connectivity index (χ2n) is 3.84. The molecule has 0 saturated carbocycles. The summed E-state index contributed by atoms with van der Waals surface area (Å²) < 4.78 is 32.8. The summed E-state index contributed by atoms with van der Waals surface area (Å²) >= 11 is 5.92. The molecule has 0 radical (unpaired) electrons. The molecule has 2 rings (SSSR count). The van der Waals surface area contributed by atoms with E-state index in [2.05, 4.69) is 19.4 Å². The number of halogens is 1. The number of para-hydroxylation sites is 2. The fraction of sp³-hybridized carbons (Fsp3) is 0.273. The topological polar surface area (TPSA) is 93.2 Å². The molecule has 0 aliphatic rings. The van der Waals surface area contributed by atoms with Crippen LogP contribution < -0.4 is 9.44 Å². The quantitative estimate of drug-likeness (QED) is 0.780. The summed E-state index contributed by atoms with van der Waals surface area (Å²) in [5.74, 6) is -0.0183. The van der Waals surface area contributed by atoms with Crippen LogP contribution in [-0.4, -0.2) is 38.6 Å². The van der Waals surface area contributed by atoms with Gasteiger partial charge in [0.1, 0.15) is 0 Å². The van der Waals surface area contributed by atoms with Gasteiger partial charge in [-0.25, -0.2) is 9.97 Å². The molecular formula is C11H13ClN4O3S. The number of methoxy groups -OCH3 is 1. The van der Waals surface area contributed by atoms with E-state index in [4.69, 9.17) is 16.3 Å². The summed E-state index contributed by atoms with van der Waals surface area (Å²) in [6, 6.07) is 7.03. The zero-order valence-electron chi connectivity index (χ0n) is 10.6. The molecule has 1 aromatic heterocycles. The lowest BCUT2D eigenvalue weighted by Gasteiger charge is -2.09. The van der Waals surface area contributed by atoms with Crippen molar-refractivity contribution in [1.82, 2.24) is 14.7 Å². The first-order valence-corrected chi connectivity index (χ1v) is 7.56. The molecule has 2 aromatic rings. The number of ether oxygens (including phenoxy) is 1. The van der Waals surface area contributed by atoms with E-state index in [9.17, 15) is 8.42 Å². The molecular weight excluding hydrogens is 304 g/mol. The first kappa shape index (κ1) is 14.9. The predicted molar refractivity (Wildman–Crippen MR) is 77.0 cm³/mol. The second-order valence-corrected chi connectivity index (χ2v) is 5.70. The van der Waals surface area contributed by atoms with Crippen molar-refractivity contribution < 1.29 is 13.2 Å². The third-order valence-corrected chi connectivity index (χ3v) is 3.67. The minimum absolute atomic E-state index is 0.0131. The van der Waals surface area contributed by atoms with E-state index in [0.29, 0.717) is 11.0 Å². The number of aromatic nitrogens is 2. The maximum Gasteiger partial charge on any atom is 0.300 e. The van der Waals surface area contributed by atoms with Gasteiger partial charge in [-0.15, -0.1) is 0 Å². The summed E-state index contributed by atoms with van der Waals surface area (Å²) in [5.41, 5.74) is 1.14. The van der Waals surface area contributed by atoms with Gasteiger partial charge in [-0.3, -0.25) is 4.72 Å². The fourth-order valence-electron chi connectivity index (χ4n) is 1.48. The van der Waals surface area contributed by atoms with Gasteiger partial charge in [0, 0.05) is 13.7 Å². The fourth-order valence-corrected chi connectivity index (χ4v) is 2.54. The Morgan fingerprint density at radius 2 is 1.90 bits per heavy atom. The number of benzene rings is 1. The lowest BCUT2D eigenvalue weighted by molar-refractivity contribution is 0.204. The Morgan fingerprint density at radius 3 is 2.55 bits per heavy atom. The smallest absolute Gasteiger partial charge is 0.300 e. The highest BCUT2D eigenvalue weighted by molar-refractivity contribution is 7.90. The number of nitrogens with zero attached hydrogens (tertiary/aromatic N) is 2. The molecule has 20 heavy (non-hydrogen) atoms. The Hall–Kier alpha value is -1.48. The number of hydrogen-bond donors (Lipinski definition) is 2. The van der Waals surface area contributed by atoms with Crippen LogP contribution in [0.25, 0.3) is 11.0 Å². The van der Waals surface area contributed by atoms with Gasteiger partial charge in [0.05, 0.1) is 17.6 Å². The minimum Gasteiger partial charge on any atom is -0.383 e. The van der Waals surface area contributed by atoms with Crippen LogP contribution in [0.5, 0.6) is 0 Å². The van der Waals surface area contributed by atoms with Crippen LogP contribution in [0.15, 0.2) is 24.3 Å². The van der Waals surface area contributed by atoms with Gasteiger partial charge in [0.25, 0.3) is 10.2 Å². The van der Waals surface area contributed by atoms with Crippen molar-refractivity contribution in [1.29, 1.82) is 0 Å². The monoisotopic (exact) mass is 316 g/mol. The van der Waals surface area contributed by atoms with Crippen molar-refractivity contribution in [3.63, 3.8) is 0 Å². The minimum atomic E-state index is -3.76. The molecule has 0 spiro atoms. The Bertz CT molecular complexity index is 708. The molecule has 0 aliphatic heterocycles. The average Bonchev–Trinajstić information content (AvgIpc) is 2.39. The van der Waals surface area contributed by atoms with Crippen LogP contribution in [-0.2, 0) is 14.9 Å². The molecule has 0 aliphatic carbocycles. The lowest BCUT2D eigenvalue weighted by atomic mass is 10.3. The number of rotatable bonds is 6. The van der Waals surface area contributed by atoms with Crippen LogP contribution in [0.4, 0.5) is 5.82 Å². The number of fused-ring (bicyclic) bond motifs is 1. The van der Waals surface area contributed by atoms with E-state index in [0.717, 1.165) is 0 Å². The van der Waals surface area contributed by atoms with Gasteiger partial charge < -0.3 is 4.74 Å².